The average Bonchev–Trinajstić information content (AvgIpc) is 3.26. The van der Waals surface area contributed by atoms with E-state index in [1.54, 1.807) is 18.3 Å². The van der Waals surface area contributed by atoms with Gasteiger partial charge >= 0.3 is 5.97 Å². The van der Waals surface area contributed by atoms with E-state index >= 15 is 0 Å². The largest absolute Gasteiger partial charge is 0.465 e. The number of esters is 1. The van der Waals surface area contributed by atoms with Gasteiger partial charge in [0.1, 0.15) is 4.88 Å². The molecule has 3 aromatic rings. The van der Waals surface area contributed by atoms with Gasteiger partial charge in [-0.2, -0.15) is 0 Å². The van der Waals surface area contributed by atoms with Crippen LogP contribution in [0.25, 0.3) is 0 Å². The van der Waals surface area contributed by atoms with E-state index in [-0.39, 0.29) is 5.91 Å². The Balaban J connectivity index is 1.67. The lowest BCUT2D eigenvalue weighted by molar-refractivity contribution is 0.0606. The van der Waals surface area contributed by atoms with Crippen molar-refractivity contribution in [1.82, 2.24) is 4.98 Å². The van der Waals surface area contributed by atoms with Gasteiger partial charge in [0.2, 0.25) is 0 Å². The average molecular weight is 393 g/mol. The molecule has 2 aromatic heterocycles. The first-order chi connectivity index (χ1) is 12.1. The molecule has 5 nitrogen and oxygen atoms in total. The lowest BCUT2D eigenvalue weighted by atomic mass is 10.1. The van der Waals surface area contributed by atoms with Crippen LogP contribution in [0.15, 0.2) is 42.6 Å². The van der Waals surface area contributed by atoms with E-state index in [4.69, 9.17) is 11.6 Å². The van der Waals surface area contributed by atoms with Crippen LogP contribution in [0, 0.1) is 0 Å². The summed E-state index contributed by atoms with van der Waals surface area (Å²) in [6, 6.07) is 10.8. The van der Waals surface area contributed by atoms with E-state index < -0.39 is 5.97 Å². The Bertz CT molecular complexity index is 920. The minimum absolute atomic E-state index is 0.307. The monoisotopic (exact) mass is 392 g/mol. The van der Waals surface area contributed by atoms with Gasteiger partial charge in [-0.1, -0.05) is 29.8 Å². The number of nitrogens with zero attached hydrogens (tertiary/aromatic N) is 1. The minimum atomic E-state index is -0.458. The Labute approximate surface area is 157 Å². The Hall–Kier alpha value is -2.22. The Morgan fingerprint density at radius 1 is 1.16 bits per heavy atom. The van der Waals surface area contributed by atoms with E-state index in [1.807, 2.05) is 24.3 Å². The second-order valence-corrected chi connectivity index (χ2v) is 7.62. The van der Waals surface area contributed by atoms with Crippen LogP contribution in [0.5, 0.6) is 0 Å². The molecular formula is C17H13ClN2O3S2. The van der Waals surface area contributed by atoms with Crippen LogP contribution >= 0.6 is 34.3 Å². The zero-order valence-corrected chi connectivity index (χ0v) is 15.5. The van der Waals surface area contributed by atoms with E-state index in [0.29, 0.717) is 26.3 Å². The standard InChI is InChI=1S/C17H13ClN2O3S2/c1-23-16(22)14-7-6-13(25-14)15(21)20-17-19-9-11(24-17)8-10-4-2-3-5-12(10)18/h2-7,9H,8H2,1H3,(H,19,20,21). The number of carbonyl (C=O) groups is 2. The number of amides is 1. The van der Waals surface area contributed by atoms with Crippen LogP contribution in [0.4, 0.5) is 5.13 Å². The molecular weight excluding hydrogens is 380 g/mol. The smallest absolute Gasteiger partial charge is 0.348 e. The SMILES string of the molecule is COC(=O)c1ccc(C(=O)Nc2ncc(Cc3ccccc3Cl)s2)s1. The van der Waals surface area contributed by atoms with Crippen LogP contribution in [0.1, 0.15) is 29.8 Å². The van der Waals surface area contributed by atoms with Crippen molar-refractivity contribution in [1.29, 1.82) is 0 Å². The summed E-state index contributed by atoms with van der Waals surface area (Å²) in [5.41, 5.74) is 1.01. The Kier molecular flexibility index (Phi) is 5.47. The summed E-state index contributed by atoms with van der Waals surface area (Å²) in [4.78, 5) is 29.7. The number of methoxy groups -OCH3 is 1. The molecule has 0 saturated heterocycles. The summed E-state index contributed by atoms with van der Waals surface area (Å²) >= 11 is 8.63. The fraction of sp³-hybridized carbons (Fsp3) is 0.118. The van der Waals surface area contributed by atoms with Gasteiger partial charge in [0.15, 0.2) is 5.13 Å². The van der Waals surface area contributed by atoms with Crippen molar-refractivity contribution >= 4 is 51.3 Å². The van der Waals surface area contributed by atoms with Crippen LogP contribution in [-0.4, -0.2) is 24.0 Å². The van der Waals surface area contributed by atoms with E-state index in [1.165, 1.54) is 18.4 Å². The van der Waals surface area contributed by atoms with Gasteiger partial charge in [0, 0.05) is 22.5 Å². The number of rotatable bonds is 5. The van der Waals surface area contributed by atoms with Crippen molar-refractivity contribution in [2.75, 3.05) is 12.4 Å². The van der Waals surface area contributed by atoms with Gasteiger partial charge in [-0.25, -0.2) is 9.78 Å². The molecule has 1 N–H and O–H groups in total. The van der Waals surface area contributed by atoms with E-state index in [9.17, 15) is 9.59 Å². The summed E-state index contributed by atoms with van der Waals surface area (Å²) in [5.74, 6) is -0.765. The molecule has 8 heteroatoms. The molecule has 128 valence electrons. The highest BCUT2D eigenvalue weighted by Gasteiger charge is 2.15. The third kappa shape index (κ3) is 4.25. The number of hydrogen-bond donors (Lipinski definition) is 1. The van der Waals surface area contributed by atoms with Gasteiger partial charge in [-0.3, -0.25) is 10.1 Å². The number of carbonyl (C=O) groups excluding carboxylic acids is 2. The highest BCUT2D eigenvalue weighted by Crippen LogP contribution is 2.26. The normalized spacial score (nSPS) is 10.5. The second-order valence-electron chi connectivity index (χ2n) is 5.01. The van der Waals surface area contributed by atoms with Crippen LogP contribution in [0.3, 0.4) is 0 Å². The molecule has 2 heterocycles. The molecule has 1 amide bonds. The molecule has 25 heavy (non-hydrogen) atoms. The second kappa shape index (κ2) is 7.77. The number of anilines is 1. The first-order valence-electron chi connectivity index (χ1n) is 7.24. The number of thiophene rings is 1. The van der Waals surface area contributed by atoms with Crippen molar-refractivity contribution in [2.24, 2.45) is 0 Å². The quantitative estimate of drug-likeness (QED) is 0.649. The Morgan fingerprint density at radius 3 is 2.68 bits per heavy atom. The van der Waals surface area contributed by atoms with Crippen molar-refractivity contribution in [2.45, 2.75) is 6.42 Å². The fourth-order valence-corrected chi connectivity index (χ4v) is 3.96. The number of hydrogen-bond acceptors (Lipinski definition) is 6. The molecule has 0 spiro atoms. The fourth-order valence-electron chi connectivity index (χ4n) is 2.11. The first kappa shape index (κ1) is 17.6. The van der Waals surface area contributed by atoms with Gasteiger partial charge < -0.3 is 4.74 Å². The lowest BCUT2D eigenvalue weighted by Crippen LogP contribution is -2.09. The number of nitrogens with one attached hydrogen (secondary N) is 1. The highest BCUT2D eigenvalue weighted by molar-refractivity contribution is 7.17. The predicted octanol–water partition coefficient (Wildman–Crippen LogP) is 4.49. The molecule has 1 aromatic carbocycles. The predicted molar refractivity (Wildman–Crippen MR) is 100.0 cm³/mol. The Morgan fingerprint density at radius 2 is 1.92 bits per heavy atom. The number of benzene rings is 1. The molecule has 0 aliphatic heterocycles. The van der Waals surface area contributed by atoms with Crippen LogP contribution < -0.4 is 5.32 Å². The minimum Gasteiger partial charge on any atom is -0.465 e. The molecule has 0 unspecified atom stereocenters. The van der Waals surface area contributed by atoms with Crippen molar-refractivity contribution in [3.8, 4) is 0 Å². The zero-order chi connectivity index (χ0) is 17.8. The van der Waals surface area contributed by atoms with E-state index in [0.717, 1.165) is 21.8 Å². The number of ether oxygens (including phenoxy) is 1. The molecule has 0 aliphatic carbocycles. The molecule has 0 bridgehead atoms. The number of aromatic nitrogens is 1. The van der Waals surface area contributed by atoms with Crippen LogP contribution in [-0.2, 0) is 11.2 Å². The zero-order valence-electron chi connectivity index (χ0n) is 13.1. The van der Waals surface area contributed by atoms with Crippen molar-refractivity contribution < 1.29 is 14.3 Å². The molecule has 0 saturated carbocycles. The van der Waals surface area contributed by atoms with Gasteiger partial charge in [-0.15, -0.1) is 22.7 Å². The topological polar surface area (TPSA) is 68.3 Å². The third-order valence-corrected chi connectivity index (χ3v) is 5.66. The van der Waals surface area contributed by atoms with Gasteiger partial charge in [0.05, 0.1) is 12.0 Å². The summed E-state index contributed by atoms with van der Waals surface area (Å²) in [6.45, 7) is 0. The molecule has 0 radical (unpaired) electrons. The summed E-state index contributed by atoms with van der Waals surface area (Å²) in [6.07, 6.45) is 2.37. The maximum absolute atomic E-state index is 12.3. The van der Waals surface area contributed by atoms with Gasteiger partial charge in [-0.05, 0) is 23.8 Å². The van der Waals surface area contributed by atoms with Crippen molar-refractivity contribution in [3.63, 3.8) is 0 Å². The van der Waals surface area contributed by atoms with Crippen LogP contribution in [0.2, 0.25) is 5.02 Å². The first-order valence-corrected chi connectivity index (χ1v) is 9.25. The maximum Gasteiger partial charge on any atom is 0.348 e. The third-order valence-electron chi connectivity index (χ3n) is 3.31. The van der Waals surface area contributed by atoms with Gasteiger partial charge in [0.25, 0.3) is 5.91 Å². The summed E-state index contributed by atoms with van der Waals surface area (Å²) < 4.78 is 4.64. The summed E-state index contributed by atoms with van der Waals surface area (Å²) in [5, 5.41) is 3.95. The van der Waals surface area contributed by atoms with E-state index in [2.05, 4.69) is 15.0 Å². The number of thiazole rings is 1. The molecule has 3 rings (SSSR count). The number of halogens is 1. The lowest BCUT2D eigenvalue weighted by Gasteiger charge is -2.01. The molecule has 0 aliphatic rings. The van der Waals surface area contributed by atoms with Crippen molar-refractivity contribution in [3.05, 3.63) is 67.8 Å². The summed E-state index contributed by atoms with van der Waals surface area (Å²) in [7, 11) is 1.30. The molecule has 0 fully saturated rings. The highest BCUT2D eigenvalue weighted by atomic mass is 35.5. The molecule has 0 atom stereocenters. The maximum atomic E-state index is 12.3.